The van der Waals surface area contributed by atoms with Gasteiger partial charge in [-0.05, 0) is 18.9 Å². The molecule has 0 unspecified atom stereocenters. The van der Waals surface area contributed by atoms with Crippen molar-refractivity contribution in [2.24, 2.45) is 5.41 Å². The summed E-state index contributed by atoms with van der Waals surface area (Å²) >= 11 is 5.70. The number of carbonyl (C=O) groups is 1. The second-order valence-corrected chi connectivity index (χ2v) is 6.02. The molecule has 20 heavy (non-hydrogen) atoms. The number of likely N-dealkylation sites (tertiary alicyclic amines) is 1. The van der Waals surface area contributed by atoms with Crippen LogP contribution in [-0.2, 0) is 0 Å². The first-order valence-electron chi connectivity index (χ1n) is 6.53. The summed E-state index contributed by atoms with van der Waals surface area (Å²) in [6, 6.07) is 1.27. The number of piperidine rings is 1. The molecule has 0 saturated carbocycles. The number of hydrogen-bond acceptors (Lipinski definition) is 3. The zero-order chi connectivity index (χ0) is 14.3. The van der Waals surface area contributed by atoms with Crippen LogP contribution in [-0.4, -0.2) is 47.3 Å². The van der Waals surface area contributed by atoms with E-state index in [-0.39, 0.29) is 10.4 Å². The fourth-order valence-corrected chi connectivity index (χ4v) is 3.19. The average Bonchev–Trinajstić information content (AvgIpc) is 2.36. The van der Waals surface area contributed by atoms with Gasteiger partial charge in [-0.1, -0.05) is 11.6 Å². The number of nitrogens with zero attached hydrogens (tertiary/aromatic N) is 3. The van der Waals surface area contributed by atoms with Gasteiger partial charge >= 0.3 is 6.09 Å². The molecule has 3 heterocycles. The van der Waals surface area contributed by atoms with Crippen molar-refractivity contribution in [2.45, 2.75) is 12.8 Å². The predicted octanol–water partition coefficient (Wildman–Crippen LogP) is 2.45. The van der Waals surface area contributed by atoms with Gasteiger partial charge in [0, 0.05) is 37.8 Å². The second-order valence-electron chi connectivity index (χ2n) is 5.58. The van der Waals surface area contributed by atoms with Gasteiger partial charge < -0.3 is 14.9 Å². The maximum absolute atomic E-state index is 13.8. The van der Waals surface area contributed by atoms with Crippen molar-refractivity contribution >= 4 is 23.5 Å². The van der Waals surface area contributed by atoms with Crippen LogP contribution >= 0.6 is 11.6 Å². The smallest absolute Gasteiger partial charge is 0.407 e. The van der Waals surface area contributed by atoms with Crippen molar-refractivity contribution in [1.82, 2.24) is 9.88 Å². The van der Waals surface area contributed by atoms with E-state index in [4.69, 9.17) is 16.7 Å². The Morgan fingerprint density at radius 3 is 2.60 bits per heavy atom. The lowest BCUT2D eigenvalue weighted by Crippen LogP contribution is -2.61. The van der Waals surface area contributed by atoms with Crippen LogP contribution in [0.4, 0.5) is 15.0 Å². The molecule has 0 atom stereocenters. The van der Waals surface area contributed by atoms with Crippen molar-refractivity contribution in [3.05, 3.63) is 23.1 Å². The first kappa shape index (κ1) is 13.4. The largest absolute Gasteiger partial charge is 0.465 e. The van der Waals surface area contributed by atoms with E-state index in [1.165, 1.54) is 17.2 Å². The Morgan fingerprint density at radius 2 is 2.05 bits per heavy atom. The fraction of sp³-hybridized carbons (Fsp3) is 0.538. The van der Waals surface area contributed by atoms with Crippen LogP contribution in [0.3, 0.4) is 0 Å². The van der Waals surface area contributed by atoms with Gasteiger partial charge in [0.1, 0.15) is 0 Å². The minimum atomic E-state index is -0.858. The van der Waals surface area contributed by atoms with Gasteiger partial charge in [-0.15, -0.1) is 0 Å². The molecular weight excluding hydrogens is 285 g/mol. The zero-order valence-electron chi connectivity index (χ0n) is 10.9. The van der Waals surface area contributed by atoms with Crippen molar-refractivity contribution in [1.29, 1.82) is 0 Å². The number of carboxylic acid groups (broad SMARTS) is 1. The lowest BCUT2D eigenvalue weighted by molar-refractivity contribution is -0.00650. The van der Waals surface area contributed by atoms with Gasteiger partial charge in [0.15, 0.2) is 11.6 Å². The molecule has 5 nitrogen and oxygen atoms in total. The quantitative estimate of drug-likeness (QED) is 0.865. The first-order chi connectivity index (χ1) is 9.49. The number of halogens is 2. The van der Waals surface area contributed by atoms with Gasteiger partial charge in [-0.2, -0.15) is 0 Å². The molecule has 2 aliphatic heterocycles. The summed E-state index contributed by atoms with van der Waals surface area (Å²) < 4.78 is 13.8. The Labute approximate surface area is 121 Å². The van der Waals surface area contributed by atoms with E-state index in [0.29, 0.717) is 32.0 Å². The number of rotatable bonds is 1. The highest BCUT2D eigenvalue weighted by Crippen LogP contribution is 2.41. The van der Waals surface area contributed by atoms with Crippen LogP contribution in [0.2, 0.25) is 5.02 Å². The van der Waals surface area contributed by atoms with Gasteiger partial charge in [-0.25, -0.2) is 14.2 Å². The van der Waals surface area contributed by atoms with Crippen molar-refractivity contribution in [2.75, 3.05) is 31.1 Å². The molecular formula is C13H15ClFN3O2. The minimum Gasteiger partial charge on any atom is -0.465 e. The van der Waals surface area contributed by atoms with E-state index in [0.717, 1.165) is 12.8 Å². The van der Waals surface area contributed by atoms with Gasteiger partial charge in [0.25, 0.3) is 0 Å². The lowest BCUT2D eigenvalue weighted by Gasteiger charge is -2.53. The monoisotopic (exact) mass is 299 g/mol. The molecule has 0 radical (unpaired) electrons. The molecule has 0 aromatic carbocycles. The number of hydrogen-bond donors (Lipinski definition) is 1. The molecule has 2 fully saturated rings. The molecule has 1 amide bonds. The summed E-state index contributed by atoms with van der Waals surface area (Å²) in [5, 5.41) is 9.17. The fourth-order valence-electron chi connectivity index (χ4n) is 3.05. The van der Waals surface area contributed by atoms with Crippen LogP contribution in [0.15, 0.2) is 12.3 Å². The molecule has 1 aromatic heterocycles. The first-order valence-corrected chi connectivity index (χ1v) is 6.91. The molecule has 1 spiro atoms. The van der Waals surface area contributed by atoms with Crippen LogP contribution in [0.1, 0.15) is 12.8 Å². The third-order valence-electron chi connectivity index (χ3n) is 4.24. The Hall–Kier alpha value is -1.56. The van der Waals surface area contributed by atoms with Crippen LogP contribution in [0.5, 0.6) is 0 Å². The maximum Gasteiger partial charge on any atom is 0.407 e. The van der Waals surface area contributed by atoms with E-state index < -0.39 is 11.9 Å². The summed E-state index contributed by atoms with van der Waals surface area (Å²) in [6.07, 6.45) is 2.31. The van der Waals surface area contributed by atoms with E-state index in [1.54, 1.807) is 0 Å². The molecule has 108 valence electrons. The number of pyridine rings is 1. The van der Waals surface area contributed by atoms with Crippen LogP contribution in [0, 0.1) is 11.2 Å². The molecule has 1 aromatic rings. The molecule has 7 heteroatoms. The standard InChI is InChI=1S/C13H15ClFN3O2/c14-9-5-10(15)11(16-6-9)17-3-1-13(2-4-17)7-18(8-13)12(19)20/h5-6H,1-4,7-8H2,(H,19,20). The summed E-state index contributed by atoms with van der Waals surface area (Å²) in [6.45, 7) is 2.57. The molecule has 3 rings (SSSR count). The van der Waals surface area contributed by atoms with E-state index in [1.807, 2.05) is 4.90 Å². The SMILES string of the molecule is O=C(O)N1CC2(CCN(c3ncc(Cl)cc3F)CC2)C1. The summed E-state index contributed by atoms with van der Waals surface area (Å²) in [7, 11) is 0. The second kappa shape index (κ2) is 4.77. The van der Waals surface area contributed by atoms with E-state index in [9.17, 15) is 9.18 Å². The van der Waals surface area contributed by atoms with E-state index in [2.05, 4.69) is 4.98 Å². The summed E-state index contributed by atoms with van der Waals surface area (Å²) in [4.78, 5) is 18.2. The topological polar surface area (TPSA) is 56.7 Å². The van der Waals surface area contributed by atoms with Crippen molar-refractivity contribution in [3.63, 3.8) is 0 Å². The minimum absolute atomic E-state index is 0.0811. The summed E-state index contributed by atoms with van der Waals surface area (Å²) in [5.41, 5.74) is 0.0811. The number of anilines is 1. The highest BCUT2D eigenvalue weighted by atomic mass is 35.5. The Morgan fingerprint density at radius 1 is 1.40 bits per heavy atom. The predicted molar refractivity (Wildman–Crippen MR) is 72.7 cm³/mol. The molecule has 2 aliphatic rings. The van der Waals surface area contributed by atoms with Gasteiger partial charge in [0.05, 0.1) is 5.02 Å². The third-order valence-corrected chi connectivity index (χ3v) is 4.44. The lowest BCUT2D eigenvalue weighted by atomic mass is 9.72. The third kappa shape index (κ3) is 2.28. The van der Waals surface area contributed by atoms with E-state index >= 15 is 0 Å². The van der Waals surface area contributed by atoms with Crippen molar-refractivity contribution in [3.8, 4) is 0 Å². The Kier molecular flexibility index (Phi) is 3.20. The average molecular weight is 300 g/mol. The highest BCUT2D eigenvalue weighted by Gasteiger charge is 2.47. The van der Waals surface area contributed by atoms with Crippen molar-refractivity contribution < 1.29 is 14.3 Å². The van der Waals surface area contributed by atoms with Gasteiger partial charge in [0.2, 0.25) is 0 Å². The van der Waals surface area contributed by atoms with Crippen LogP contribution in [0.25, 0.3) is 0 Å². The zero-order valence-corrected chi connectivity index (χ0v) is 11.6. The highest BCUT2D eigenvalue weighted by molar-refractivity contribution is 6.30. The number of amides is 1. The van der Waals surface area contributed by atoms with Gasteiger partial charge in [-0.3, -0.25) is 0 Å². The molecule has 0 bridgehead atoms. The number of aromatic nitrogens is 1. The van der Waals surface area contributed by atoms with Crippen LogP contribution < -0.4 is 4.90 Å². The molecule has 1 N–H and O–H groups in total. The molecule has 2 saturated heterocycles. The Balaban J connectivity index is 1.63. The molecule has 0 aliphatic carbocycles. The summed E-state index contributed by atoms with van der Waals surface area (Å²) in [5.74, 6) is -0.0760. The maximum atomic E-state index is 13.8. The normalized spacial score (nSPS) is 20.9. The Bertz CT molecular complexity index is 538.